The molecule has 0 unspecified atom stereocenters. The van der Waals surface area contributed by atoms with Crippen LogP contribution >= 0.6 is 0 Å². The number of carbonyl (C=O) groups excluding carboxylic acids is 1. The molecule has 3 heteroatoms. The Bertz CT molecular complexity index is 623. The van der Waals surface area contributed by atoms with E-state index in [4.69, 9.17) is 0 Å². The molecule has 0 aliphatic heterocycles. The maximum atomic E-state index is 11.8. The van der Waals surface area contributed by atoms with Gasteiger partial charge in [-0.1, -0.05) is 45.0 Å². The molecule has 0 atom stereocenters. The summed E-state index contributed by atoms with van der Waals surface area (Å²) < 4.78 is 0. The van der Waals surface area contributed by atoms with Crippen LogP contribution in [-0.4, -0.2) is 5.91 Å². The summed E-state index contributed by atoms with van der Waals surface area (Å²) in [6.07, 6.45) is 6.90. The number of pyridine rings is 1. The normalized spacial score (nSPS) is 11.6. The third-order valence-corrected chi connectivity index (χ3v) is 3.19. The average molecular weight is 281 g/mol. The summed E-state index contributed by atoms with van der Waals surface area (Å²) in [6, 6.07) is 11.9. The van der Waals surface area contributed by atoms with Gasteiger partial charge in [0.05, 0.1) is 5.69 Å². The van der Waals surface area contributed by atoms with Crippen LogP contribution in [0.1, 0.15) is 31.9 Å². The summed E-state index contributed by atoms with van der Waals surface area (Å²) >= 11 is 0. The third-order valence-electron chi connectivity index (χ3n) is 3.19. The maximum absolute atomic E-state index is 11.8. The summed E-state index contributed by atoms with van der Waals surface area (Å²) in [7, 11) is 0. The van der Waals surface area contributed by atoms with Crippen LogP contribution in [-0.2, 0) is 10.2 Å². The van der Waals surface area contributed by atoms with Crippen molar-refractivity contribution in [3.05, 3.63) is 66.0 Å². The molecule has 0 fully saturated rings. The van der Waals surface area contributed by atoms with Crippen LogP contribution in [0.2, 0.25) is 0 Å². The Morgan fingerprint density at radius 3 is 2.24 bits per heavy atom. The van der Waals surface area contributed by atoms with E-state index in [1.165, 1.54) is 5.56 Å². The molecule has 0 radical (unpaired) electrons. The Morgan fingerprint density at radius 2 is 1.67 bits per heavy atom. The fourth-order valence-corrected chi connectivity index (χ4v) is 1.92. The summed E-state index contributed by atoms with van der Waals surface area (Å²) in [5.41, 5.74) is 3.21. The highest BCUT2D eigenvalue weighted by atomic mass is 16.1. The third kappa shape index (κ3) is 4.56. The van der Waals surface area contributed by atoms with Gasteiger partial charge >= 0.3 is 0 Å². The highest BCUT2D eigenvalue weighted by Gasteiger charge is 2.12. The monoisotopic (exact) mass is 281 g/mol. The molecule has 21 heavy (non-hydrogen) atoms. The lowest BCUT2D eigenvalue weighted by Crippen LogP contribution is -2.10. The zero-order valence-corrected chi connectivity index (χ0v) is 12.7. The first kappa shape index (κ1) is 15.0. The number of aromatic nitrogens is 1. The number of hydrogen-bond acceptors (Lipinski definition) is 1. The molecule has 108 valence electrons. The van der Waals surface area contributed by atoms with Crippen molar-refractivity contribution >= 4 is 17.7 Å². The molecule has 3 nitrogen and oxygen atoms in total. The van der Waals surface area contributed by atoms with Gasteiger partial charge in [0.1, 0.15) is 0 Å². The Balaban J connectivity index is 1.99. The molecule has 2 N–H and O–H groups in total. The minimum atomic E-state index is -0.138. The molecule has 0 aliphatic carbocycles. The molecule has 1 aromatic heterocycles. The van der Waals surface area contributed by atoms with E-state index in [0.717, 1.165) is 11.3 Å². The van der Waals surface area contributed by atoms with Crippen molar-refractivity contribution in [1.82, 2.24) is 0 Å². The minimum absolute atomic E-state index is 0.138. The zero-order valence-electron chi connectivity index (χ0n) is 12.7. The quantitative estimate of drug-likeness (QED) is 0.860. The number of H-pyrrole nitrogens is 1. The van der Waals surface area contributed by atoms with Crippen LogP contribution in [0, 0.1) is 0 Å². The molecular weight excluding hydrogens is 260 g/mol. The largest absolute Gasteiger partial charge is 0.322 e. The molecule has 2 rings (SSSR count). The fraction of sp³-hybridized carbons (Fsp3) is 0.222. The Hall–Kier alpha value is -2.42. The van der Waals surface area contributed by atoms with Crippen LogP contribution in [0.4, 0.5) is 5.69 Å². The van der Waals surface area contributed by atoms with Gasteiger partial charge in [-0.15, -0.1) is 0 Å². The van der Waals surface area contributed by atoms with Gasteiger partial charge in [-0.25, -0.2) is 4.98 Å². The second-order valence-corrected chi connectivity index (χ2v) is 5.98. The van der Waals surface area contributed by atoms with Gasteiger partial charge in [0.15, 0.2) is 12.4 Å². The number of rotatable bonds is 3. The van der Waals surface area contributed by atoms with E-state index in [2.05, 4.69) is 43.2 Å². The Morgan fingerprint density at radius 1 is 1.05 bits per heavy atom. The minimum Gasteiger partial charge on any atom is -0.322 e. The van der Waals surface area contributed by atoms with Crippen molar-refractivity contribution < 1.29 is 9.78 Å². The molecule has 0 spiro atoms. The number of hydrogen-bond donors (Lipinski definition) is 1. The standard InChI is InChI=1S/C18H20N2O/c1-18(2,3)15-7-4-14(5-8-15)6-9-17(21)20-16-10-12-19-13-11-16/h4-13H,1-3H3,(H,19,20,21)/p+1. The number of aromatic amines is 1. The van der Waals surface area contributed by atoms with Gasteiger partial charge in [-0.2, -0.15) is 0 Å². The van der Waals surface area contributed by atoms with E-state index in [0.29, 0.717) is 0 Å². The molecule has 0 aliphatic rings. The molecule has 0 bridgehead atoms. The summed E-state index contributed by atoms with van der Waals surface area (Å²) in [5.74, 6) is -0.138. The number of amides is 1. The molecular formula is C18H21N2O+. The molecule has 1 amide bonds. The SMILES string of the molecule is CC(C)(C)c1ccc(C=CC(=O)Nc2cc[nH+]cc2)cc1. The van der Waals surface area contributed by atoms with Crippen molar-refractivity contribution in [2.45, 2.75) is 26.2 Å². The maximum Gasteiger partial charge on any atom is 0.248 e. The van der Waals surface area contributed by atoms with E-state index >= 15 is 0 Å². The van der Waals surface area contributed by atoms with Crippen LogP contribution in [0.15, 0.2) is 54.9 Å². The molecule has 0 saturated carbocycles. The lowest BCUT2D eigenvalue weighted by Gasteiger charge is -2.18. The summed E-state index contributed by atoms with van der Waals surface area (Å²) in [5, 5.41) is 2.80. The highest BCUT2D eigenvalue weighted by Crippen LogP contribution is 2.22. The van der Waals surface area contributed by atoms with Gasteiger partial charge < -0.3 is 5.32 Å². The topological polar surface area (TPSA) is 43.2 Å². The average Bonchev–Trinajstić information content (AvgIpc) is 2.46. The van der Waals surface area contributed by atoms with Crippen LogP contribution in [0.25, 0.3) is 6.08 Å². The van der Waals surface area contributed by atoms with Crippen molar-refractivity contribution in [1.29, 1.82) is 0 Å². The number of nitrogens with one attached hydrogen (secondary N) is 2. The Labute approximate surface area is 125 Å². The van der Waals surface area contributed by atoms with Crippen molar-refractivity contribution in [3.63, 3.8) is 0 Å². The van der Waals surface area contributed by atoms with E-state index in [9.17, 15) is 4.79 Å². The van der Waals surface area contributed by atoms with Gasteiger partial charge in [-0.05, 0) is 22.6 Å². The molecule has 1 heterocycles. The first-order valence-electron chi connectivity index (χ1n) is 7.01. The highest BCUT2D eigenvalue weighted by molar-refractivity contribution is 6.01. The van der Waals surface area contributed by atoms with Crippen molar-refractivity contribution in [3.8, 4) is 0 Å². The van der Waals surface area contributed by atoms with E-state index in [1.807, 2.05) is 30.3 Å². The van der Waals surface area contributed by atoms with Gasteiger partial charge in [0, 0.05) is 18.2 Å². The summed E-state index contributed by atoms with van der Waals surface area (Å²) in [4.78, 5) is 14.7. The predicted octanol–water partition coefficient (Wildman–Crippen LogP) is 3.45. The van der Waals surface area contributed by atoms with Crippen LogP contribution in [0.5, 0.6) is 0 Å². The lowest BCUT2D eigenvalue weighted by molar-refractivity contribution is -0.377. The first-order chi connectivity index (χ1) is 9.95. The van der Waals surface area contributed by atoms with Crippen LogP contribution in [0.3, 0.4) is 0 Å². The van der Waals surface area contributed by atoms with E-state index in [1.54, 1.807) is 18.5 Å². The first-order valence-corrected chi connectivity index (χ1v) is 7.01. The second kappa shape index (κ2) is 6.35. The van der Waals surface area contributed by atoms with Crippen molar-refractivity contribution in [2.24, 2.45) is 0 Å². The second-order valence-electron chi connectivity index (χ2n) is 5.98. The van der Waals surface area contributed by atoms with Gasteiger partial charge in [0.2, 0.25) is 5.91 Å². The number of carbonyl (C=O) groups is 1. The molecule has 2 aromatic rings. The number of benzene rings is 1. The van der Waals surface area contributed by atoms with E-state index < -0.39 is 0 Å². The molecule has 1 aromatic carbocycles. The predicted molar refractivity (Wildman–Crippen MR) is 85.8 cm³/mol. The number of anilines is 1. The smallest absolute Gasteiger partial charge is 0.248 e. The van der Waals surface area contributed by atoms with Crippen LogP contribution < -0.4 is 10.3 Å². The summed E-state index contributed by atoms with van der Waals surface area (Å²) in [6.45, 7) is 6.55. The fourth-order valence-electron chi connectivity index (χ4n) is 1.92. The zero-order chi connectivity index (χ0) is 15.3. The van der Waals surface area contributed by atoms with E-state index in [-0.39, 0.29) is 11.3 Å². The van der Waals surface area contributed by atoms with Gasteiger partial charge in [0.25, 0.3) is 0 Å². The van der Waals surface area contributed by atoms with Crippen molar-refractivity contribution in [2.75, 3.05) is 5.32 Å². The lowest BCUT2D eigenvalue weighted by atomic mass is 9.87. The van der Waals surface area contributed by atoms with Gasteiger partial charge in [-0.3, -0.25) is 4.79 Å². The molecule has 0 saturated heterocycles. The Kier molecular flexibility index (Phi) is 4.53.